The van der Waals surface area contributed by atoms with Gasteiger partial charge in [0, 0.05) is 26.2 Å². The number of aromatic amines is 1. The predicted molar refractivity (Wildman–Crippen MR) is 97.4 cm³/mol. The van der Waals surface area contributed by atoms with Crippen molar-refractivity contribution in [2.75, 3.05) is 32.8 Å². The van der Waals surface area contributed by atoms with E-state index in [1.807, 2.05) is 11.1 Å². The van der Waals surface area contributed by atoms with E-state index in [0.29, 0.717) is 54.5 Å². The molecule has 1 aromatic carbocycles. The number of carbonyl (C=O) groups is 1. The van der Waals surface area contributed by atoms with Gasteiger partial charge < -0.3 is 20.0 Å². The summed E-state index contributed by atoms with van der Waals surface area (Å²) in [6, 6.07) is 7.10. The summed E-state index contributed by atoms with van der Waals surface area (Å²) >= 11 is 5.36. The smallest absolute Gasteiger partial charge is 0.409 e. The second-order valence-corrected chi connectivity index (χ2v) is 5.95. The zero-order valence-electron chi connectivity index (χ0n) is 13.8. The van der Waals surface area contributed by atoms with Gasteiger partial charge in [-0.15, -0.1) is 0 Å². The molecule has 0 saturated carbocycles. The maximum absolute atomic E-state index is 12.1. The van der Waals surface area contributed by atoms with Crippen LogP contribution in [0.3, 0.4) is 0 Å². The van der Waals surface area contributed by atoms with Gasteiger partial charge in [-0.05, 0) is 19.1 Å². The summed E-state index contributed by atoms with van der Waals surface area (Å²) in [6.07, 6.45) is -0.301. The second kappa shape index (κ2) is 7.58. The Morgan fingerprint density at radius 3 is 2.76 bits per heavy atom. The molecular weight excluding hydrogens is 342 g/mol. The van der Waals surface area contributed by atoms with E-state index in [1.54, 1.807) is 30.0 Å². The van der Waals surface area contributed by atoms with E-state index in [1.165, 1.54) is 0 Å². The van der Waals surface area contributed by atoms with Crippen molar-refractivity contribution in [2.24, 2.45) is 0 Å². The predicted octanol–water partition coefficient (Wildman–Crippen LogP) is 0.877. The molecule has 1 saturated heterocycles. The minimum absolute atomic E-state index is 0.225. The molecule has 0 spiro atoms. The Bertz CT molecular complexity index is 845. The Morgan fingerprint density at radius 1 is 1.32 bits per heavy atom. The van der Waals surface area contributed by atoms with Gasteiger partial charge in [-0.2, -0.15) is 0 Å². The third kappa shape index (κ3) is 3.94. The van der Waals surface area contributed by atoms with Crippen LogP contribution in [-0.2, 0) is 4.74 Å². The number of hydrazine groups is 1. The van der Waals surface area contributed by atoms with Crippen LogP contribution in [0.1, 0.15) is 12.7 Å². The van der Waals surface area contributed by atoms with Crippen molar-refractivity contribution in [1.29, 1.82) is 0 Å². The van der Waals surface area contributed by atoms with Crippen LogP contribution < -0.4 is 11.0 Å². The van der Waals surface area contributed by atoms with Gasteiger partial charge in [0.05, 0.1) is 17.5 Å². The van der Waals surface area contributed by atoms with Crippen molar-refractivity contribution in [1.82, 2.24) is 25.3 Å². The number of piperazine rings is 1. The lowest BCUT2D eigenvalue weighted by atomic mass is 10.2. The van der Waals surface area contributed by atoms with Crippen LogP contribution in [0.4, 0.5) is 4.79 Å². The molecule has 132 valence electrons. The molecule has 2 N–H and O–H groups in total. The first-order valence-corrected chi connectivity index (χ1v) is 8.46. The number of benzene rings is 1. The number of carbonyl (C=O) groups excluding carboxylic acids is 1. The Balaban J connectivity index is 1.64. The zero-order chi connectivity index (χ0) is 17.8. The van der Waals surface area contributed by atoms with Crippen LogP contribution in [0.15, 0.2) is 29.1 Å². The fraction of sp³-hybridized carbons (Fsp3) is 0.375. The summed E-state index contributed by atoms with van der Waals surface area (Å²) in [7, 11) is 0. The van der Waals surface area contributed by atoms with Crippen molar-refractivity contribution >= 4 is 34.2 Å². The average molecular weight is 361 g/mol. The van der Waals surface area contributed by atoms with Crippen LogP contribution in [0.2, 0.25) is 0 Å². The van der Waals surface area contributed by atoms with Crippen LogP contribution in [-0.4, -0.2) is 63.7 Å². The Morgan fingerprint density at radius 2 is 2.04 bits per heavy atom. The van der Waals surface area contributed by atoms with E-state index >= 15 is 0 Å². The lowest BCUT2D eigenvalue weighted by Gasteiger charge is -2.34. The third-order valence-corrected chi connectivity index (χ3v) is 4.18. The number of H-pyrrole nitrogens is 1. The van der Waals surface area contributed by atoms with Gasteiger partial charge in [-0.3, -0.25) is 4.79 Å². The first kappa shape index (κ1) is 17.3. The number of ether oxygens (including phenoxy) is 1. The van der Waals surface area contributed by atoms with E-state index < -0.39 is 0 Å². The number of thiocarbonyl (C=S) groups is 1. The van der Waals surface area contributed by atoms with E-state index in [0.717, 1.165) is 0 Å². The molecule has 1 aromatic heterocycles. The minimum Gasteiger partial charge on any atom is -0.450 e. The highest BCUT2D eigenvalue weighted by molar-refractivity contribution is 7.80. The van der Waals surface area contributed by atoms with Gasteiger partial charge in [-0.25, -0.2) is 14.8 Å². The molecule has 0 aliphatic carbocycles. The summed E-state index contributed by atoms with van der Waals surface area (Å²) in [5.74, 6) is 0.325. The molecule has 0 bridgehead atoms. The maximum Gasteiger partial charge on any atom is 0.409 e. The van der Waals surface area contributed by atoms with E-state index in [4.69, 9.17) is 17.0 Å². The summed E-state index contributed by atoms with van der Waals surface area (Å²) in [4.78, 5) is 32.9. The molecule has 2 aromatic rings. The first-order chi connectivity index (χ1) is 12.1. The molecule has 3 rings (SSSR count). The Hall–Kier alpha value is -2.52. The van der Waals surface area contributed by atoms with Crippen LogP contribution >= 0.6 is 12.2 Å². The van der Waals surface area contributed by atoms with Crippen molar-refractivity contribution in [2.45, 2.75) is 6.92 Å². The number of nitrogens with one attached hydrogen (secondary N) is 2. The van der Waals surface area contributed by atoms with Gasteiger partial charge in [0.2, 0.25) is 0 Å². The number of amides is 1. The number of nitrogens with zero attached hydrogens (tertiary/aromatic N) is 3. The summed E-state index contributed by atoms with van der Waals surface area (Å²) < 4.78 is 4.99. The van der Waals surface area contributed by atoms with E-state index in [-0.39, 0.29) is 11.7 Å². The number of hydrogen-bond acceptors (Lipinski definition) is 6. The molecule has 9 heteroatoms. The number of fused-ring (bicyclic) bond motifs is 1. The van der Waals surface area contributed by atoms with Crippen molar-refractivity contribution in [3.8, 4) is 0 Å². The quantitative estimate of drug-likeness (QED) is 0.784. The SMILES string of the molecule is CCOC(=O)N1CCN(NC(=S)c2nc3ccccc3c(=O)[nH]2)CC1. The lowest BCUT2D eigenvalue weighted by molar-refractivity contribution is 0.0727. The first-order valence-electron chi connectivity index (χ1n) is 8.05. The second-order valence-electron chi connectivity index (χ2n) is 5.55. The molecule has 25 heavy (non-hydrogen) atoms. The molecule has 1 fully saturated rings. The van der Waals surface area contributed by atoms with Crippen LogP contribution in [0.5, 0.6) is 0 Å². The number of para-hydroxylation sites is 1. The van der Waals surface area contributed by atoms with Crippen molar-refractivity contribution in [3.63, 3.8) is 0 Å². The molecule has 0 radical (unpaired) electrons. The molecule has 2 heterocycles. The molecule has 0 atom stereocenters. The fourth-order valence-corrected chi connectivity index (χ4v) is 2.83. The number of aromatic nitrogens is 2. The van der Waals surface area contributed by atoms with Crippen molar-refractivity contribution in [3.05, 3.63) is 40.4 Å². The summed E-state index contributed by atoms with van der Waals surface area (Å²) in [6.45, 7) is 4.41. The molecular formula is C16H19N5O3S. The van der Waals surface area contributed by atoms with Crippen LogP contribution in [0.25, 0.3) is 10.9 Å². The topological polar surface area (TPSA) is 90.6 Å². The van der Waals surface area contributed by atoms with Crippen molar-refractivity contribution < 1.29 is 9.53 Å². The molecule has 0 unspecified atom stereocenters. The highest BCUT2D eigenvalue weighted by Gasteiger charge is 2.22. The summed E-state index contributed by atoms with van der Waals surface area (Å²) in [5.41, 5.74) is 3.44. The van der Waals surface area contributed by atoms with E-state index in [2.05, 4.69) is 15.4 Å². The number of hydrogen-bond donors (Lipinski definition) is 2. The van der Waals surface area contributed by atoms with E-state index in [9.17, 15) is 9.59 Å². The fourth-order valence-electron chi connectivity index (χ4n) is 2.61. The molecule has 1 aliphatic rings. The highest BCUT2D eigenvalue weighted by atomic mass is 32.1. The average Bonchev–Trinajstić information content (AvgIpc) is 2.62. The molecule has 1 amide bonds. The third-order valence-electron chi connectivity index (χ3n) is 3.89. The molecule has 8 nitrogen and oxygen atoms in total. The largest absolute Gasteiger partial charge is 0.450 e. The Labute approximate surface area is 149 Å². The van der Waals surface area contributed by atoms with Gasteiger partial charge in [-0.1, -0.05) is 24.4 Å². The van der Waals surface area contributed by atoms with Gasteiger partial charge in [0.15, 0.2) is 10.8 Å². The van der Waals surface area contributed by atoms with Gasteiger partial charge in [0.25, 0.3) is 5.56 Å². The van der Waals surface area contributed by atoms with Gasteiger partial charge >= 0.3 is 6.09 Å². The minimum atomic E-state index is -0.301. The molecule has 1 aliphatic heterocycles. The lowest BCUT2D eigenvalue weighted by Crippen LogP contribution is -2.55. The summed E-state index contributed by atoms with van der Waals surface area (Å²) in [5, 5.41) is 2.42. The van der Waals surface area contributed by atoms with Crippen LogP contribution in [0, 0.1) is 0 Å². The van der Waals surface area contributed by atoms with Gasteiger partial charge in [0.1, 0.15) is 0 Å². The maximum atomic E-state index is 12.1. The Kier molecular flexibility index (Phi) is 5.25. The standard InChI is InChI=1S/C16H19N5O3S/c1-2-24-16(23)20-7-9-21(10-8-20)19-15(25)13-17-12-6-4-3-5-11(12)14(22)18-13/h3-6H,2,7-10H2,1H3,(H,19,25)(H,17,18,22). The normalized spacial score (nSPS) is 15.2. The monoisotopic (exact) mass is 361 g/mol. The zero-order valence-corrected chi connectivity index (χ0v) is 14.6. The highest BCUT2D eigenvalue weighted by Crippen LogP contribution is 2.07. The number of rotatable bonds is 3.